The number of halogens is 3. The van der Waals surface area contributed by atoms with E-state index in [0.29, 0.717) is 34.0 Å². The van der Waals surface area contributed by atoms with E-state index in [9.17, 15) is 0 Å². The highest BCUT2D eigenvalue weighted by atomic mass is 79.9. The summed E-state index contributed by atoms with van der Waals surface area (Å²) < 4.78 is 12.6. The third-order valence-corrected chi connectivity index (χ3v) is 6.02. The molecule has 0 aliphatic carbocycles. The summed E-state index contributed by atoms with van der Waals surface area (Å²) in [6, 6.07) is 20.8. The van der Waals surface area contributed by atoms with Crippen LogP contribution in [0, 0.1) is 0 Å². The molecule has 1 heterocycles. The molecule has 8 heteroatoms. The molecule has 1 aromatic heterocycles. The van der Waals surface area contributed by atoms with Crippen molar-refractivity contribution >= 4 is 62.1 Å². The summed E-state index contributed by atoms with van der Waals surface area (Å²) in [6.45, 7) is 2.70. The van der Waals surface area contributed by atoms with Gasteiger partial charge in [0.2, 0.25) is 0 Å². The number of hydrogen-bond donors (Lipinski definition) is 1. The second kappa shape index (κ2) is 10.9. The van der Waals surface area contributed by atoms with Gasteiger partial charge < -0.3 is 9.47 Å². The monoisotopic (exact) mass is 543 g/mol. The minimum atomic E-state index is 0.283. The topological polar surface area (TPSA) is 55.7 Å². The van der Waals surface area contributed by atoms with Gasteiger partial charge >= 0.3 is 0 Å². The Balaban J connectivity index is 1.50. The second-order valence-electron chi connectivity index (χ2n) is 7.04. The van der Waals surface area contributed by atoms with Gasteiger partial charge in [-0.25, -0.2) is 4.98 Å². The van der Waals surface area contributed by atoms with Gasteiger partial charge in [-0.15, -0.1) is 0 Å². The SMILES string of the molecule is CCOc1cc(/C=N\Nc2ccc3ccccc3n2)c(Br)cc1OCc1ccc(Cl)cc1Cl. The van der Waals surface area contributed by atoms with E-state index in [1.165, 1.54) is 0 Å². The van der Waals surface area contributed by atoms with Crippen LogP contribution < -0.4 is 14.9 Å². The van der Waals surface area contributed by atoms with Gasteiger partial charge in [0, 0.05) is 31.0 Å². The molecule has 0 aliphatic rings. The van der Waals surface area contributed by atoms with Gasteiger partial charge in [0.1, 0.15) is 12.4 Å². The number of fused-ring (bicyclic) bond motifs is 1. The van der Waals surface area contributed by atoms with Crippen molar-refractivity contribution in [1.29, 1.82) is 0 Å². The molecular weight excluding hydrogens is 525 g/mol. The minimum absolute atomic E-state index is 0.283. The smallest absolute Gasteiger partial charge is 0.162 e. The molecule has 1 N–H and O–H groups in total. The molecule has 4 rings (SSSR count). The van der Waals surface area contributed by atoms with Crippen LogP contribution in [-0.2, 0) is 6.61 Å². The van der Waals surface area contributed by atoms with Gasteiger partial charge in [-0.2, -0.15) is 5.10 Å². The average molecular weight is 545 g/mol. The lowest BCUT2D eigenvalue weighted by Crippen LogP contribution is -2.02. The number of pyridine rings is 1. The Morgan fingerprint density at radius 3 is 2.64 bits per heavy atom. The Hall–Kier alpha value is -2.80. The van der Waals surface area contributed by atoms with E-state index < -0.39 is 0 Å². The van der Waals surface area contributed by atoms with Crippen LogP contribution in [0.1, 0.15) is 18.1 Å². The fourth-order valence-electron chi connectivity index (χ4n) is 3.12. The maximum absolute atomic E-state index is 6.26. The van der Waals surface area contributed by atoms with Gasteiger partial charge in [-0.3, -0.25) is 5.43 Å². The molecule has 33 heavy (non-hydrogen) atoms. The summed E-state index contributed by atoms with van der Waals surface area (Å²) in [7, 11) is 0. The van der Waals surface area contributed by atoms with Crippen LogP contribution in [-0.4, -0.2) is 17.8 Å². The third kappa shape index (κ3) is 5.96. The van der Waals surface area contributed by atoms with Crippen molar-refractivity contribution < 1.29 is 9.47 Å². The Labute approximate surface area is 210 Å². The van der Waals surface area contributed by atoms with Gasteiger partial charge in [-0.05, 0) is 65.3 Å². The lowest BCUT2D eigenvalue weighted by atomic mass is 10.2. The Bertz CT molecular complexity index is 1310. The zero-order valence-corrected chi connectivity index (χ0v) is 20.8. The van der Waals surface area contributed by atoms with Gasteiger partial charge in [0.25, 0.3) is 0 Å². The maximum Gasteiger partial charge on any atom is 0.162 e. The maximum atomic E-state index is 6.26. The largest absolute Gasteiger partial charge is 0.490 e. The minimum Gasteiger partial charge on any atom is -0.490 e. The van der Waals surface area contributed by atoms with Crippen molar-refractivity contribution in [3.63, 3.8) is 0 Å². The molecule has 0 fully saturated rings. The van der Waals surface area contributed by atoms with Gasteiger partial charge in [0.15, 0.2) is 11.5 Å². The molecule has 4 aromatic rings. The van der Waals surface area contributed by atoms with Crippen molar-refractivity contribution in [3.8, 4) is 11.5 Å². The first-order valence-corrected chi connectivity index (χ1v) is 11.8. The zero-order valence-electron chi connectivity index (χ0n) is 17.7. The highest BCUT2D eigenvalue weighted by molar-refractivity contribution is 9.10. The number of hydrogen-bond acceptors (Lipinski definition) is 5. The number of aromatic nitrogens is 1. The van der Waals surface area contributed by atoms with E-state index in [4.69, 9.17) is 32.7 Å². The van der Waals surface area contributed by atoms with Gasteiger partial charge in [0.05, 0.1) is 18.3 Å². The average Bonchev–Trinajstić information content (AvgIpc) is 2.81. The van der Waals surface area contributed by atoms with E-state index in [2.05, 4.69) is 31.4 Å². The number of para-hydroxylation sites is 1. The number of ether oxygens (including phenoxy) is 2. The molecule has 0 spiro atoms. The molecule has 3 aromatic carbocycles. The van der Waals surface area contributed by atoms with E-state index in [1.807, 2.05) is 61.5 Å². The molecule has 168 valence electrons. The molecular formula is C25H20BrCl2N3O2. The highest BCUT2D eigenvalue weighted by Crippen LogP contribution is 2.34. The third-order valence-electron chi connectivity index (χ3n) is 4.74. The number of nitrogens with zero attached hydrogens (tertiary/aromatic N) is 2. The van der Waals surface area contributed by atoms with Crippen molar-refractivity contribution in [2.75, 3.05) is 12.0 Å². The number of rotatable bonds is 8. The highest BCUT2D eigenvalue weighted by Gasteiger charge is 2.12. The predicted molar refractivity (Wildman–Crippen MR) is 139 cm³/mol. The van der Waals surface area contributed by atoms with E-state index >= 15 is 0 Å². The number of anilines is 1. The van der Waals surface area contributed by atoms with E-state index in [0.717, 1.165) is 26.5 Å². The molecule has 0 bridgehead atoms. The summed E-state index contributed by atoms with van der Waals surface area (Å²) in [5.74, 6) is 1.86. The van der Waals surface area contributed by atoms with Crippen LogP contribution in [0.5, 0.6) is 11.5 Å². The molecule has 0 aliphatic heterocycles. The van der Waals surface area contributed by atoms with Crippen LogP contribution in [0.2, 0.25) is 10.0 Å². The first kappa shape index (κ1) is 23.4. The number of nitrogens with one attached hydrogen (secondary N) is 1. The van der Waals surface area contributed by atoms with Crippen LogP contribution >= 0.6 is 39.1 Å². The zero-order chi connectivity index (χ0) is 23.2. The molecule has 5 nitrogen and oxygen atoms in total. The summed E-state index contributed by atoms with van der Waals surface area (Å²) in [4.78, 5) is 4.56. The van der Waals surface area contributed by atoms with Crippen LogP contribution in [0.25, 0.3) is 10.9 Å². The normalized spacial score (nSPS) is 11.2. The summed E-state index contributed by atoms with van der Waals surface area (Å²) in [5, 5.41) is 6.54. The quantitative estimate of drug-likeness (QED) is 0.182. The van der Waals surface area contributed by atoms with Crippen molar-refractivity contribution in [1.82, 2.24) is 4.98 Å². The molecule has 0 unspecified atom stereocenters. The Morgan fingerprint density at radius 2 is 1.82 bits per heavy atom. The number of benzene rings is 3. The van der Waals surface area contributed by atoms with E-state index in [-0.39, 0.29) is 6.61 Å². The molecule has 0 saturated heterocycles. The van der Waals surface area contributed by atoms with Crippen molar-refractivity contribution in [3.05, 3.63) is 92.4 Å². The lowest BCUT2D eigenvalue weighted by molar-refractivity contribution is 0.269. The standard InChI is InChI=1S/C25H20BrCl2N3O2/c1-2-32-23-11-18(14-29-31-25-10-8-16-5-3-4-6-22(16)30-25)20(26)13-24(23)33-15-17-7-9-19(27)12-21(17)28/h3-14H,2,15H2,1H3,(H,30,31)/b29-14-. The predicted octanol–water partition coefficient (Wildman–Crippen LogP) is 7.73. The fraction of sp³-hybridized carbons (Fsp3) is 0.120. The van der Waals surface area contributed by atoms with E-state index in [1.54, 1.807) is 18.3 Å². The Kier molecular flexibility index (Phi) is 7.70. The summed E-state index contributed by atoms with van der Waals surface area (Å²) in [5.41, 5.74) is 5.53. The van der Waals surface area contributed by atoms with Crippen LogP contribution in [0.15, 0.2) is 76.3 Å². The molecule has 0 atom stereocenters. The molecule has 0 saturated carbocycles. The second-order valence-corrected chi connectivity index (χ2v) is 8.74. The summed E-state index contributed by atoms with van der Waals surface area (Å²) in [6.07, 6.45) is 1.70. The van der Waals surface area contributed by atoms with Crippen LogP contribution in [0.3, 0.4) is 0 Å². The molecule has 0 radical (unpaired) electrons. The number of hydrazone groups is 1. The van der Waals surface area contributed by atoms with Gasteiger partial charge in [-0.1, -0.05) is 47.5 Å². The first-order valence-electron chi connectivity index (χ1n) is 10.2. The Morgan fingerprint density at radius 1 is 1.00 bits per heavy atom. The van der Waals surface area contributed by atoms with Crippen molar-refractivity contribution in [2.24, 2.45) is 5.10 Å². The lowest BCUT2D eigenvalue weighted by Gasteiger charge is -2.14. The summed E-state index contributed by atoms with van der Waals surface area (Å²) >= 11 is 15.8. The molecule has 0 amide bonds. The first-order chi connectivity index (χ1) is 16.0. The van der Waals surface area contributed by atoms with Crippen molar-refractivity contribution in [2.45, 2.75) is 13.5 Å². The fourth-order valence-corrected chi connectivity index (χ4v) is 4.01. The van der Waals surface area contributed by atoms with Crippen LogP contribution in [0.4, 0.5) is 5.82 Å².